The van der Waals surface area contributed by atoms with Crippen molar-refractivity contribution in [3.05, 3.63) is 0 Å². The Kier molecular flexibility index (Phi) is 5.46. The molecule has 0 aromatic heterocycles. The van der Waals surface area contributed by atoms with Crippen LogP contribution in [0.2, 0.25) is 0 Å². The molecule has 0 aromatic carbocycles. The van der Waals surface area contributed by atoms with Crippen molar-refractivity contribution in [2.45, 2.75) is 25.8 Å². The van der Waals surface area contributed by atoms with Crippen LogP contribution in [0.4, 0.5) is 0 Å². The van der Waals surface area contributed by atoms with Gasteiger partial charge in [-0.15, -0.1) is 0 Å². The first kappa shape index (κ1) is 10.9. The Balaban J connectivity index is 3.68. The minimum Gasteiger partial charge on any atom is -0.385 e. The lowest BCUT2D eigenvalue weighted by atomic mass is 9.99. The lowest BCUT2D eigenvalue weighted by molar-refractivity contribution is 0.162. The van der Waals surface area contributed by atoms with Crippen LogP contribution >= 0.6 is 0 Å². The average Bonchev–Trinajstić information content (AvgIpc) is 2.02. The van der Waals surface area contributed by atoms with E-state index in [0.717, 1.165) is 19.6 Å². The van der Waals surface area contributed by atoms with Gasteiger partial charge in [0.2, 0.25) is 0 Å². The Morgan fingerprint density at radius 1 is 1.55 bits per heavy atom. The minimum absolute atomic E-state index is 0.0464. The zero-order chi connectivity index (χ0) is 8.74. The number of methoxy groups -OCH3 is 1. The topological polar surface area (TPSA) is 47.3 Å². The average molecular weight is 160 g/mol. The number of ether oxygens (including phenoxy) is 1. The monoisotopic (exact) mass is 160 g/mol. The van der Waals surface area contributed by atoms with E-state index in [4.69, 9.17) is 10.5 Å². The molecule has 0 aliphatic rings. The number of hydrogen-bond acceptors (Lipinski definition) is 3. The second-order valence-corrected chi connectivity index (χ2v) is 3.04. The Hall–Kier alpha value is -0.120. The highest BCUT2D eigenvalue weighted by Gasteiger charge is 2.19. The Morgan fingerprint density at radius 3 is 2.55 bits per heavy atom. The van der Waals surface area contributed by atoms with Gasteiger partial charge in [-0.25, -0.2) is 0 Å². The third-order valence-electron chi connectivity index (χ3n) is 1.91. The maximum atomic E-state index is 5.62. The van der Waals surface area contributed by atoms with Crippen LogP contribution in [0.15, 0.2) is 0 Å². The largest absolute Gasteiger partial charge is 0.385 e. The molecule has 0 aromatic rings. The molecular weight excluding hydrogens is 140 g/mol. The van der Waals surface area contributed by atoms with Gasteiger partial charge in [-0.2, -0.15) is 0 Å². The molecule has 0 fully saturated rings. The second-order valence-electron chi connectivity index (χ2n) is 3.04. The van der Waals surface area contributed by atoms with E-state index in [2.05, 4.69) is 19.2 Å². The summed E-state index contributed by atoms with van der Waals surface area (Å²) < 4.78 is 4.99. The molecule has 3 heteroatoms. The van der Waals surface area contributed by atoms with Crippen LogP contribution in [0.5, 0.6) is 0 Å². The summed E-state index contributed by atoms with van der Waals surface area (Å²) in [5, 5.41) is 3.34. The molecule has 0 amide bonds. The third kappa shape index (κ3) is 4.35. The van der Waals surface area contributed by atoms with Gasteiger partial charge in [0.15, 0.2) is 0 Å². The molecule has 0 aliphatic carbocycles. The summed E-state index contributed by atoms with van der Waals surface area (Å²) in [6.07, 6.45) is 0.966. The molecule has 1 unspecified atom stereocenters. The number of rotatable bonds is 6. The van der Waals surface area contributed by atoms with Crippen LogP contribution in [0.25, 0.3) is 0 Å². The van der Waals surface area contributed by atoms with Crippen molar-refractivity contribution in [3.63, 3.8) is 0 Å². The molecule has 0 saturated heterocycles. The lowest BCUT2D eigenvalue weighted by Crippen LogP contribution is -2.49. The van der Waals surface area contributed by atoms with Crippen molar-refractivity contribution in [3.8, 4) is 0 Å². The summed E-state index contributed by atoms with van der Waals surface area (Å²) in [6, 6.07) is 0. The molecule has 68 valence electrons. The zero-order valence-electron chi connectivity index (χ0n) is 7.81. The van der Waals surface area contributed by atoms with Crippen molar-refractivity contribution >= 4 is 0 Å². The molecule has 0 heterocycles. The maximum absolute atomic E-state index is 5.62. The SMILES string of the molecule is CCNC(C)(CN)CCOC. The highest BCUT2D eigenvalue weighted by atomic mass is 16.5. The Labute approximate surface area is 69.3 Å². The zero-order valence-corrected chi connectivity index (χ0v) is 7.81. The van der Waals surface area contributed by atoms with Gasteiger partial charge in [0, 0.05) is 25.8 Å². The third-order valence-corrected chi connectivity index (χ3v) is 1.91. The van der Waals surface area contributed by atoms with Crippen molar-refractivity contribution < 1.29 is 4.74 Å². The molecule has 0 bridgehead atoms. The fourth-order valence-corrected chi connectivity index (χ4v) is 1.02. The van der Waals surface area contributed by atoms with Gasteiger partial charge < -0.3 is 15.8 Å². The standard InChI is InChI=1S/C8H20N2O/c1-4-10-8(2,7-9)5-6-11-3/h10H,4-7,9H2,1-3H3. The fourth-order valence-electron chi connectivity index (χ4n) is 1.02. The van der Waals surface area contributed by atoms with E-state index < -0.39 is 0 Å². The molecule has 11 heavy (non-hydrogen) atoms. The van der Waals surface area contributed by atoms with Crippen LogP contribution in [0, 0.1) is 0 Å². The molecule has 0 radical (unpaired) electrons. The molecule has 0 aliphatic heterocycles. The first-order chi connectivity index (χ1) is 5.18. The van der Waals surface area contributed by atoms with Gasteiger partial charge in [-0.05, 0) is 19.9 Å². The Bertz CT molecular complexity index is 98.1. The van der Waals surface area contributed by atoms with Gasteiger partial charge in [0.1, 0.15) is 0 Å². The summed E-state index contributed by atoms with van der Waals surface area (Å²) in [4.78, 5) is 0. The van der Waals surface area contributed by atoms with E-state index in [1.807, 2.05) is 0 Å². The highest BCUT2D eigenvalue weighted by Crippen LogP contribution is 2.06. The van der Waals surface area contributed by atoms with E-state index in [1.54, 1.807) is 7.11 Å². The number of hydrogen-bond donors (Lipinski definition) is 2. The molecule has 1 atom stereocenters. The first-order valence-electron chi connectivity index (χ1n) is 4.12. The quantitative estimate of drug-likeness (QED) is 0.589. The highest BCUT2D eigenvalue weighted by molar-refractivity contribution is 4.83. The van der Waals surface area contributed by atoms with Gasteiger partial charge >= 0.3 is 0 Å². The molecule has 0 rings (SSSR count). The molecule has 3 N–H and O–H groups in total. The van der Waals surface area contributed by atoms with Gasteiger partial charge in [0.25, 0.3) is 0 Å². The number of nitrogens with one attached hydrogen (secondary N) is 1. The molecule has 0 saturated carbocycles. The molecule has 0 spiro atoms. The van der Waals surface area contributed by atoms with Crippen molar-refractivity contribution in [2.75, 3.05) is 26.8 Å². The van der Waals surface area contributed by atoms with Crippen LogP contribution in [-0.4, -0.2) is 32.3 Å². The van der Waals surface area contributed by atoms with E-state index >= 15 is 0 Å². The Morgan fingerprint density at radius 2 is 2.18 bits per heavy atom. The fraction of sp³-hybridized carbons (Fsp3) is 1.00. The summed E-state index contributed by atoms with van der Waals surface area (Å²) in [6.45, 7) is 6.58. The minimum atomic E-state index is 0.0464. The summed E-state index contributed by atoms with van der Waals surface area (Å²) in [7, 11) is 1.71. The van der Waals surface area contributed by atoms with Crippen LogP contribution in [-0.2, 0) is 4.74 Å². The van der Waals surface area contributed by atoms with Gasteiger partial charge in [-0.3, -0.25) is 0 Å². The van der Waals surface area contributed by atoms with Gasteiger partial charge in [0.05, 0.1) is 0 Å². The summed E-state index contributed by atoms with van der Waals surface area (Å²) >= 11 is 0. The number of likely N-dealkylation sites (N-methyl/N-ethyl adjacent to an activating group) is 1. The lowest BCUT2D eigenvalue weighted by Gasteiger charge is -2.28. The predicted octanol–water partition coefficient (Wildman–Crippen LogP) is 0.350. The normalized spacial score (nSPS) is 16.4. The van der Waals surface area contributed by atoms with Crippen LogP contribution < -0.4 is 11.1 Å². The van der Waals surface area contributed by atoms with E-state index in [-0.39, 0.29) is 5.54 Å². The summed E-state index contributed by atoms with van der Waals surface area (Å²) in [5.74, 6) is 0. The first-order valence-corrected chi connectivity index (χ1v) is 4.12. The van der Waals surface area contributed by atoms with Crippen molar-refractivity contribution in [2.24, 2.45) is 5.73 Å². The molecule has 3 nitrogen and oxygen atoms in total. The second kappa shape index (κ2) is 5.52. The maximum Gasteiger partial charge on any atom is 0.0480 e. The van der Waals surface area contributed by atoms with Crippen LogP contribution in [0.1, 0.15) is 20.3 Å². The van der Waals surface area contributed by atoms with Gasteiger partial charge in [-0.1, -0.05) is 6.92 Å². The smallest absolute Gasteiger partial charge is 0.0480 e. The van der Waals surface area contributed by atoms with E-state index in [9.17, 15) is 0 Å². The predicted molar refractivity (Wildman–Crippen MR) is 47.6 cm³/mol. The number of nitrogens with two attached hydrogens (primary N) is 1. The van der Waals surface area contributed by atoms with E-state index in [0.29, 0.717) is 6.54 Å². The van der Waals surface area contributed by atoms with E-state index in [1.165, 1.54) is 0 Å². The molecular formula is C8H20N2O. The van der Waals surface area contributed by atoms with Crippen LogP contribution in [0.3, 0.4) is 0 Å². The van der Waals surface area contributed by atoms with Crippen molar-refractivity contribution in [1.29, 1.82) is 0 Å². The summed E-state index contributed by atoms with van der Waals surface area (Å²) in [5.41, 5.74) is 5.66. The van der Waals surface area contributed by atoms with Crippen molar-refractivity contribution in [1.82, 2.24) is 5.32 Å².